The fraction of sp³-hybridized carbons (Fsp3) is 0.500. The number of amides is 1. The third-order valence-corrected chi connectivity index (χ3v) is 3.70. The lowest BCUT2D eigenvalue weighted by molar-refractivity contribution is -0.119. The van der Waals surface area contributed by atoms with Crippen LogP contribution in [-0.2, 0) is 11.3 Å². The molecule has 5 heteroatoms. The van der Waals surface area contributed by atoms with Gasteiger partial charge in [0.15, 0.2) is 0 Å². The predicted molar refractivity (Wildman–Crippen MR) is 81.4 cm³/mol. The normalized spacial score (nSPS) is 16.1. The van der Waals surface area contributed by atoms with E-state index in [-0.39, 0.29) is 5.91 Å². The number of nitrogens with one attached hydrogen (secondary N) is 2. The van der Waals surface area contributed by atoms with Crippen LogP contribution in [0.5, 0.6) is 0 Å². The first kappa shape index (κ1) is 14.3. The molecule has 1 saturated heterocycles. The van der Waals surface area contributed by atoms with E-state index in [1.54, 1.807) is 0 Å². The molecule has 1 aliphatic heterocycles. The maximum absolute atomic E-state index is 11.7. The Morgan fingerprint density at radius 2 is 2.32 bits per heavy atom. The molecule has 1 aromatic rings. The molecule has 1 aliphatic rings. The van der Waals surface area contributed by atoms with Gasteiger partial charge in [-0.3, -0.25) is 4.79 Å². The number of anilines is 1. The summed E-state index contributed by atoms with van der Waals surface area (Å²) in [6, 6.07) is 6.25. The Kier molecular flexibility index (Phi) is 5.22. The van der Waals surface area contributed by atoms with E-state index in [1.807, 2.05) is 6.07 Å². The zero-order valence-electron chi connectivity index (χ0n) is 11.2. The molecule has 1 heterocycles. The van der Waals surface area contributed by atoms with Crippen LogP contribution in [0.25, 0.3) is 0 Å². The first-order valence-corrected chi connectivity index (χ1v) is 7.51. The van der Waals surface area contributed by atoms with Crippen LogP contribution in [-0.4, -0.2) is 32.1 Å². The monoisotopic (exact) mass is 325 g/mol. The lowest BCUT2D eigenvalue weighted by atomic mass is 10.1. The van der Waals surface area contributed by atoms with Crippen molar-refractivity contribution in [3.05, 3.63) is 28.2 Å². The molecule has 0 spiro atoms. The molecule has 19 heavy (non-hydrogen) atoms. The summed E-state index contributed by atoms with van der Waals surface area (Å²) in [5.41, 5.74) is 2.38. The van der Waals surface area contributed by atoms with E-state index >= 15 is 0 Å². The van der Waals surface area contributed by atoms with E-state index in [2.05, 4.69) is 50.5 Å². The van der Waals surface area contributed by atoms with Crippen molar-refractivity contribution in [2.24, 2.45) is 0 Å². The molecule has 0 bridgehead atoms. The molecule has 0 aliphatic carbocycles. The van der Waals surface area contributed by atoms with Crippen molar-refractivity contribution in [2.75, 3.05) is 31.1 Å². The first-order chi connectivity index (χ1) is 9.20. The second kappa shape index (κ2) is 6.91. The Bertz CT molecular complexity index is 450. The number of halogens is 1. The Morgan fingerprint density at radius 1 is 1.47 bits per heavy atom. The summed E-state index contributed by atoms with van der Waals surface area (Å²) >= 11 is 3.51. The molecule has 2 N–H and O–H groups in total. The number of rotatable bonds is 4. The molecule has 2 rings (SSSR count). The molecule has 0 atom stereocenters. The molecule has 4 nitrogen and oxygen atoms in total. The van der Waals surface area contributed by atoms with Gasteiger partial charge in [-0.2, -0.15) is 0 Å². The lowest BCUT2D eigenvalue weighted by Crippen LogP contribution is -2.33. The number of benzene rings is 1. The van der Waals surface area contributed by atoms with Crippen molar-refractivity contribution >= 4 is 27.5 Å². The number of nitrogens with zero attached hydrogens (tertiary/aromatic N) is 1. The fourth-order valence-corrected chi connectivity index (χ4v) is 2.68. The average Bonchev–Trinajstić information content (AvgIpc) is 2.61. The van der Waals surface area contributed by atoms with E-state index in [0.717, 1.165) is 42.8 Å². The van der Waals surface area contributed by atoms with Crippen LogP contribution in [0.2, 0.25) is 0 Å². The summed E-state index contributed by atoms with van der Waals surface area (Å²) < 4.78 is 1.07. The van der Waals surface area contributed by atoms with Crippen LogP contribution in [0.15, 0.2) is 22.7 Å². The van der Waals surface area contributed by atoms with Gasteiger partial charge < -0.3 is 15.5 Å². The van der Waals surface area contributed by atoms with E-state index in [1.165, 1.54) is 5.56 Å². The lowest BCUT2D eigenvalue weighted by Gasteiger charge is -2.24. The SMILES string of the molecule is CCNCc1cc(Br)ccc1N1CCCNC(=O)C1. The van der Waals surface area contributed by atoms with Crippen LogP contribution >= 0.6 is 15.9 Å². The maximum atomic E-state index is 11.7. The first-order valence-electron chi connectivity index (χ1n) is 6.71. The highest BCUT2D eigenvalue weighted by Gasteiger charge is 2.17. The molecule has 0 aromatic heterocycles. The van der Waals surface area contributed by atoms with Crippen LogP contribution < -0.4 is 15.5 Å². The van der Waals surface area contributed by atoms with Crippen molar-refractivity contribution in [3.63, 3.8) is 0 Å². The number of hydrogen-bond donors (Lipinski definition) is 2. The van der Waals surface area contributed by atoms with Gasteiger partial charge in [0.2, 0.25) is 5.91 Å². The van der Waals surface area contributed by atoms with Crippen molar-refractivity contribution in [3.8, 4) is 0 Å². The van der Waals surface area contributed by atoms with Gasteiger partial charge in [0.25, 0.3) is 0 Å². The minimum absolute atomic E-state index is 0.106. The van der Waals surface area contributed by atoms with Gasteiger partial charge in [0, 0.05) is 29.8 Å². The van der Waals surface area contributed by atoms with E-state index < -0.39 is 0 Å². The number of carbonyl (C=O) groups is 1. The fourth-order valence-electron chi connectivity index (χ4n) is 2.28. The Hall–Kier alpha value is -1.07. The summed E-state index contributed by atoms with van der Waals surface area (Å²) in [6.45, 7) is 5.99. The second-order valence-corrected chi connectivity index (χ2v) is 5.59. The number of carbonyl (C=O) groups excluding carboxylic acids is 1. The van der Waals surface area contributed by atoms with Gasteiger partial charge in [-0.1, -0.05) is 22.9 Å². The van der Waals surface area contributed by atoms with Gasteiger partial charge in [-0.25, -0.2) is 0 Å². The van der Waals surface area contributed by atoms with Crippen molar-refractivity contribution < 1.29 is 4.79 Å². The molecular formula is C14H20BrN3O. The van der Waals surface area contributed by atoms with E-state index in [4.69, 9.17) is 0 Å². The smallest absolute Gasteiger partial charge is 0.239 e. The molecule has 1 fully saturated rings. The van der Waals surface area contributed by atoms with Crippen LogP contribution in [0, 0.1) is 0 Å². The van der Waals surface area contributed by atoms with Gasteiger partial charge >= 0.3 is 0 Å². The Labute approximate surface area is 122 Å². The number of hydrogen-bond acceptors (Lipinski definition) is 3. The Balaban J connectivity index is 2.23. The highest BCUT2D eigenvalue weighted by molar-refractivity contribution is 9.10. The summed E-state index contributed by atoms with van der Waals surface area (Å²) in [4.78, 5) is 13.8. The summed E-state index contributed by atoms with van der Waals surface area (Å²) in [5, 5.41) is 6.26. The standard InChI is InChI=1S/C14H20BrN3O/c1-2-16-9-11-8-12(15)4-5-13(11)18-7-3-6-17-14(19)10-18/h4-5,8,16H,2-3,6-7,9-10H2,1H3,(H,17,19). The van der Waals surface area contributed by atoms with Gasteiger partial charge in [0.1, 0.15) is 0 Å². The Morgan fingerprint density at radius 3 is 3.11 bits per heavy atom. The zero-order valence-corrected chi connectivity index (χ0v) is 12.8. The molecule has 1 aromatic carbocycles. The van der Waals surface area contributed by atoms with E-state index in [9.17, 15) is 4.79 Å². The minimum Gasteiger partial charge on any atom is -0.362 e. The molecule has 104 valence electrons. The largest absolute Gasteiger partial charge is 0.362 e. The molecular weight excluding hydrogens is 306 g/mol. The topological polar surface area (TPSA) is 44.4 Å². The van der Waals surface area contributed by atoms with Gasteiger partial charge in [-0.05, 0) is 36.7 Å². The highest BCUT2D eigenvalue weighted by Crippen LogP contribution is 2.25. The molecule has 0 saturated carbocycles. The highest BCUT2D eigenvalue weighted by atomic mass is 79.9. The quantitative estimate of drug-likeness (QED) is 0.888. The minimum atomic E-state index is 0.106. The summed E-state index contributed by atoms with van der Waals surface area (Å²) in [5.74, 6) is 0.106. The van der Waals surface area contributed by atoms with Crippen molar-refractivity contribution in [2.45, 2.75) is 19.9 Å². The van der Waals surface area contributed by atoms with Gasteiger partial charge in [-0.15, -0.1) is 0 Å². The van der Waals surface area contributed by atoms with Crippen LogP contribution in [0.4, 0.5) is 5.69 Å². The molecule has 0 unspecified atom stereocenters. The average molecular weight is 326 g/mol. The molecule has 1 amide bonds. The van der Waals surface area contributed by atoms with Crippen molar-refractivity contribution in [1.29, 1.82) is 0 Å². The summed E-state index contributed by atoms with van der Waals surface area (Å²) in [7, 11) is 0. The zero-order chi connectivity index (χ0) is 13.7. The predicted octanol–water partition coefficient (Wildman–Crippen LogP) is 1.88. The van der Waals surface area contributed by atoms with Crippen LogP contribution in [0.1, 0.15) is 18.9 Å². The third kappa shape index (κ3) is 3.94. The van der Waals surface area contributed by atoms with Crippen LogP contribution in [0.3, 0.4) is 0 Å². The van der Waals surface area contributed by atoms with Crippen molar-refractivity contribution in [1.82, 2.24) is 10.6 Å². The summed E-state index contributed by atoms with van der Waals surface area (Å²) in [6.07, 6.45) is 0.989. The maximum Gasteiger partial charge on any atom is 0.239 e. The van der Waals surface area contributed by atoms with Gasteiger partial charge in [0.05, 0.1) is 6.54 Å². The third-order valence-electron chi connectivity index (χ3n) is 3.21. The van der Waals surface area contributed by atoms with E-state index in [0.29, 0.717) is 6.54 Å². The second-order valence-electron chi connectivity index (χ2n) is 4.68. The molecule has 0 radical (unpaired) electrons.